The lowest BCUT2D eigenvalue weighted by Gasteiger charge is -2.14. The summed E-state index contributed by atoms with van der Waals surface area (Å²) in [6.45, 7) is 1.83. The molecule has 1 amide bonds. The summed E-state index contributed by atoms with van der Waals surface area (Å²) in [6.07, 6.45) is 1.79. The monoisotopic (exact) mass is 286 g/mol. The highest BCUT2D eigenvalue weighted by Crippen LogP contribution is 2.18. The van der Waals surface area contributed by atoms with E-state index in [-0.39, 0.29) is 23.3 Å². The molecule has 3 N–H and O–H groups in total. The van der Waals surface area contributed by atoms with E-state index in [1.807, 2.05) is 12.3 Å². The molecule has 1 aromatic carbocycles. The quantitative estimate of drug-likeness (QED) is 0.454. The van der Waals surface area contributed by atoms with Crippen molar-refractivity contribution in [1.82, 2.24) is 5.43 Å². The van der Waals surface area contributed by atoms with Crippen molar-refractivity contribution in [2.45, 2.75) is 30.8 Å². The first-order valence-corrected chi connectivity index (χ1v) is 7.68. The van der Waals surface area contributed by atoms with Gasteiger partial charge in [0.05, 0.1) is 11.0 Å². The summed E-state index contributed by atoms with van der Waals surface area (Å²) in [5.74, 6) is 5.29. The zero-order valence-corrected chi connectivity index (χ0v) is 11.7. The van der Waals surface area contributed by atoms with E-state index in [0.29, 0.717) is 12.2 Å². The topological polar surface area (TPSA) is 98.5 Å². The van der Waals surface area contributed by atoms with Crippen molar-refractivity contribution in [2.75, 3.05) is 6.26 Å². The van der Waals surface area contributed by atoms with Crippen molar-refractivity contribution in [3.63, 3.8) is 0 Å². The molecule has 0 aliphatic rings. The highest BCUT2D eigenvalue weighted by atomic mass is 32.2. The average Bonchev–Trinajstić information content (AvgIpc) is 2.35. The zero-order chi connectivity index (χ0) is 14.5. The molecule has 19 heavy (non-hydrogen) atoms. The Morgan fingerprint density at radius 1 is 1.37 bits per heavy atom. The maximum atomic E-state index is 11.3. The molecule has 0 bridgehead atoms. The molecule has 0 saturated heterocycles. The summed E-state index contributed by atoms with van der Waals surface area (Å²) in [6, 6.07) is 6.17. The van der Waals surface area contributed by atoms with E-state index >= 15 is 0 Å². The number of nitrogens with one attached hydrogen (secondary N) is 1. The molecule has 1 rings (SSSR count). The van der Waals surface area contributed by atoms with Gasteiger partial charge in [0, 0.05) is 12.7 Å². The molecule has 7 heteroatoms. The summed E-state index contributed by atoms with van der Waals surface area (Å²) < 4.78 is 28.1. The van der Waals surface area contributed by atoms with Gasteiger partial charge in [-0.05, 0) is 37.6 Å². The number of nitrogens with two attached hydrogens (primary N) is 1. The van der Waals surface area contributed by atoms with Crippen LogP contribution in [0.3, 0.4) is 0 Å². The van der Waals surface area contributed by atoms with Gasteiger partial charge in [0.15, 0.2) is 9.84 Å². The second-order valence-corrected chi connectivity index (χ2v) is 6.29. The van der Waals surface area contributed by atoms with Crippen LogP contribution in [0.4, 0.5) is 0 Å². The molecule has 0 saturated carbocycles. The second kappa shape index (κ2) is 6.53. The fourth-order valence-corrected chi connectivity index (χ4v) is 2.09. The van der Waals surface area contributed by atoms with E-state index in [1.165, 1.54) is 12.1 Å². The van der Waals surface area contributed by atoms with E-state index < -0.39 is 9.84 Å². The predicted molar refractivity (Wildman–Crippen MR) is 71.2 cm³/mol. The number of hydrogen-bond donors (Lipinski definition) is 2. The first kappa shape index (κ1) is 15.5. The maximum Gasteiger partial charge on any atom is 0.234 e. The van der Waals surface area contributed by atoms with Crippen LogP contribution < -0.4 is 16.0 Å². The number of benzene rings is 1. The van der Waals surface area contributed by atoms with E-state index in [4.69, 9.17) is 10.6 Å². The Hall–Kier alpha value is -1.60. The van der Waals surface area contributed by atoms with Crippen molar-refractivity contribution in [3.05, 3.63) is 24.3 Å². The highest BCUT2D eigenvalue weighted by Gasteiger charge is 2.09. The summed E-state index contributed by atoms with van der Waals surface area (Å²) in [4.78, 5) is 11.2. The number of carbonyl (C=O) groups excluding carboxylic acids is 1. The largest absolute Gasteiger partial charge is 0.491 e. The van der Waals surface area contributed by atoms with Crippen LogP contribution in [0, 0.1) is 0 Å². The van der Waals surface area contributed by atoms with E-state index in [9.17, 15) is 13.2 Å². The number of rotatable bonds is 6. The molecular formula is C12H18N2O4S. The Labute approximate surface area is 112 Å². The third-order valence-electron chi connectivity index (χ3n) is 2.53. The summed E-state index contributed by atoms with van der Waals surface area (Å²) in [5.41, 5.74) is 2.05. The van der Waals surface area contributed by atoms with Crippen molar-refractivity contribution >= 4 is 15.7 Å². The Bertz CT molecular complexity index is 525. The minimum atomic E-state index is -3.20. The van der Waals surface area contributed by atoms with Gasteiger partial charge in [0.2, 0.25) is 5.91 Å². The van der Waals surface area contributed by atoms with Crippen LogP contribution in [0.5, 0.6) is 5.75 Å². The van der Waals surface area contributed by atoms with Crippen LogP contribution in [0.15, 0.2) is 29.2 Å². The molecule has 1 atom stereocenters. The second-order valence-electron chi connectivity index (χ2n) is 4.28. The zero-order valence-electron chi connectivity index (χ0n) is 10.9. The van der Waals surface area contributed by atoms with Crippen LogP contribution in [-0.4, -0.2) is 26.7 Å². The van der Waals surface area contributed by atoms with Crippen LogP contribution in [0.1, 0.15) is 19.8 Å². The number of hydrazine groups is 1. The third-order valence-corrected chi connectivity index (χ3v) is 3.66. The molecule has 1 unspecified atom stereocenters. The van der Waals surface area contributed by atoms with Gasteiger partial charge < -0.3 is 4.74 Å². The van der Waals surface area contributed by atoms with Gasteiger partial charge >= 0.3 is 0 Å². The minimum absolute atomic E-state index is 0.165. The standard InChI is InChI=1S/C12H18N2O4S/c1-9(3-8-12(15)14-13)18-10-4-6-11(7-5-10)19(2,16)17/h4-7,9H,3,8,13H2,1-2H3,(H,14,15). The Kier molecular flexibility index (Phi) is 5.31. The van der Waals surface area contributed by atoms with Crippen molar-refractivity contribution in [3.8, 4) is 5.75 Å². The van der Waals surface area contributed by atoms with Crippen molar-refractivity contribution in [2.24, 2.45) is 5.84 Å². The molecule has 6 nitrogen and oxygen atoms in total. The van der Waals surface area contributed by atoms with Crippen molar-refractivity contribution in [1.29, 1.82) is 0 Å². The van der Waals surface area contributed by atoms with Crippen LogP contribution in [-0.2, 0) is 14.6 Å². The fraction of sp³-hybridized carbons (Fsp3) is 0.417. The summed E-state index contributed by atoms with van der Waals surface area (Å²) in [7, 11) is -3.20. The van der Waals surface area contributed by atoms with Gasteiger partial charge in [-0.2, -0.15) is 0 Å². The molecule has 0 aromatic heterocycles. The van der Waals surface area contributed by atoms with Gasteiger partial charge in [-0.1, -0.05) is 0 Å². The number of carbonyl (C=O) groups is 1. The van der Waals surface area contributed by atoms with E-state index in [2.05, 4.69) is 0 Å². The summed E-state index contributed by atoms with van der Waals surface area (Å²) in [5, 5.41) is 0. The molecule has 0 aliphatic carbocycles. The molecule has 0 spiro atoms. The predicted octanol–water partition coefficient (Wildman–Crippen LogP) is 0.628. The number of sulfone groups is 1. The smallest absolute Gasteiger partial charge is 0.234 e. The lowest BCUT2D eigenvalue weighted by Crippen LogP contribution is -2.30. The molecule has 1 aromatic rings. The summed E-state index contributed by atoms with van der Waals surface area (Å²) >= 11 is 0. The first-order chi connectivity index (χ1) is 8.82. The SMILES string of the molecule is CC(CCC(=O)NN)Oc1ccc(S(C)(=O)=O)cc1. The molecule has 0 fully saturated rings. The van der Waals surface area contributed by atoms with Crippen LogP contribution in [0.25, 0.3) is 0 Å². The molecule has 0 radical (unpaired) electrons. The first-order valence-electron chi connectivity index (χ1n) is 5.79. The van der Waals surface area contributed by atoms with Gasteiger partial charge in [0.25, 0.3) is 0 Å². The number of amides is 1. The minimum Gasteiger partial charge on any atom is -0.491 e. The molecule has 0 aliphatic heterocycles. The Morgan fingerprint density at radius 2 is 1.95 bits per heavy atom. The van der Waals surface area contributed by atoms with Gasteiger partial charge in [0.1, 0.15) is 5.75 Å². The molecule has 106 valence electrons. The molecular weight excluding hydrogens is 268 g/mol. The Morgan fingerprint density at radius 3 is 2.42 bits per heavy atom. The van der Waals surface area contributed by atoms with Gasteiger partial charge in [-0.15, -0.1) is 0 Å². The highest BCUT2D eigenvalue weighted by molar-refractivity contribution is 7.90. The van der Waals surface area contributed by atoms with E-state index in [0.717, 1.165) is 6.26 Å². The lowest BCUT2D eigenvalue weighted by molar-refractivity contribution is -0.121. The maximum absolute atomic E-state index is 11.3. The third kappa shape index (κ3) is 5.27. The van der Waals surface area contributed by atoms with Crippen LogP contribution in [0.2, 0.25) is 0 Å². The van der Waals surface area contributed by atoms with Gasteiger partial charge in [-0.25, -0.2) is 14.3 Å². The average molecular weight is 286 g/mol. The van der Waals surface area contributed by atoms with Crippen molar-refractivity contribution < 1.29 is 17.9 Å². The van der Waals surface area contributed by atoms with Gasteiger partial charge in [-0.3, -0.25) is 10.2 Å². The number of hydrogen-bond acceptors (Lipinski definition) is 5. The lowest BCUT2D eigenvalue weighted by atomic mass is 10.2. The Balaban J connectivity index is 2.56. The fourth-order valence-electron chi connectivity index (χ4n) is 1.46. The van der Waals surface area contributed by atoms with E-state index in [1.54, 1.807) is 12.1 Å². The normalized spacial score (nSPS) is 12.8. The van der Waals surface area contributed by atoms with Crippen LogP contribution >= 0.6 is 0 Å². The molecule has 0 heterocycles. The number of ether oxygens (including phenoxy) is 1.